The van der Waals surface area contributed by atoms with Crippen LogP contribution in [0.5, 0.6) is 0 Å². The number of hydrogen-bond acceptors (Lipinski definition) is 2. The second kappa shape index (κ2) is 6.76. The summed E-state index contributed by atoms with van der Waals surface area (Å²) in [7, 11) is 0. The van der Waals surface area contributed by atoms with E-state index in [1.165, 1.54) is 23.9 Å². The molecule has 2 amide bonds. The van der Waals surface area contributed by atoms with Crippen molar-refractivity contribution in [2.75, 3.05) is 17.6 Å². The van der Waals surface area contributed by atoms with E-state index in [4.69, 9.17) is 0 Å². The van der Waals surface area contributed by atoms with E-state index in [1.807, 2.05) is 18.2 Å². The summed E-state index contributed by atoms with van der Waals surface area (Å²) in [5, 5.41) is 2.53. The highest BCUT2D eigenvalue weighted by atomic mass is 32.2. The van der Waals surface area contributed by atoms with E-state index >= 15 is 0 Å². The average Bonchev–Trinajstić information content (AvgIpc) is 3.05. The third-order valence-electron chi connectivity index (χ3n) is 3.70. The van der Waals surface area contributed by atoms with Crippen LogP contribution in [-0.2, 0) is 6.18 Å². The molecule has 1 aliphatic heterocycles. The number of hydrogen-bond donors (Lipinski definition) is 1. The molecular formula is C17H15F3N2OS. The number of alkyl halides is 3. The van der Waals surface area contributed by atoms with Gasteiger partial charge in [0.05, 0.1) is 5.56 Å². The first-order valence-electron chi connectivity index (χ1n) is 7.36. The standard InChI is InChI=1S/C17H15F3N2OS/c18-17(19,20)13-8-6-12(7-9-13)15-22(10-11-24-15)16(23)21-14-4-2-1-3-5-14/h1-9,15H,10-11H2,(H,21,23)/t15-/m0/s1. The highest BCUT2D eigenvalue weighted by molar-refractivity contribution is 7.99. The zero-order valence-electron chi connectivity index (χ0n) is 12.6. The number of nitrogens with one attached hydrogen (secondary N) is 1. The highest BCUT2D eigenvalue weighted by Gasteiger charge is 2.33. The lowest BCUT2D eigenvalue weighted by Crippen LogP contribution is -2.34. The second-order valence-electron chi connectivity index (χ2n) is 5.33. The molecule has 1 aliphatic rings. The molecule has 0 bridgehead atoms. The van der Waals surface area contributed by atoms with E-state index in [1.54, 1.807) is 17.0 Å². The van der Waals surface area contributed by atoms with E-state index in [-0.39, 0.29) is 11.4 Å². The van der Waals surface area contributed by atoms with Crippen molar-refractivity contribution in [2.24, 2.45) is 0 Å². The van der Waals surface area contributed by atoms with Crippen LogP contribution in [0.4, 0.5) is 23.7 Å². The minimum Gasteiger partial charge on any atom is -0.308 e. The van der Waals surface area contributed by atoms with E-state index in [0.717, 1.165) is 17.9 Å². The molecule has 1 heterocycles. The molecule has 7 heteroatoms. The maximum Gasteiger partial charge on any atom is 0.416 e. The zero-order valence-corrected chi connectivity index (χ0v) is 13.4. The predicted octanol–water partition coefficient (Wildman–Crippen LogP) is 4.98. The van der Waals surface area contributed by atoms with Crippen LogP contribution in [0.2, 0.25) is 0 Å². The van der Waals surface area contributed by atoms with E-state index in [9.17, 15) is 18.0 Å². The maximum atomic E-state index is 12.7. The number of benzene rings is 2. The first kappa shape index (κ1) is 16.7. The zero-order chi connectivity index (χ0) is 17.2. The van der Waals surface area contributed by atoms with E-state index < -0.39 is 11.7 Å². The normalized spacial score (nSPS) is 17.8. The average molecular weight is 352 g/mol. The molecule has 0 aromatic heterocycles. The molecule has 1 atom stereocenters. The molecule has 1 N–H and O–H groups in total. The van der Waals surface area contributed by atoms with Gasteiger partial charge in [0, 0.05) is 18.0 Å². The van der Waals surface area contributed by atoms with Gasteiger partial charge in [-0.1, -0.05) is 30.3 Å². The number of carbonyl (C=O) groups excluding carboxylic acids is 1. The lowest BCUT2D eigenvalue weighted by Gasteiger charge is -2.24. The summed E-state index contributed by atoms with van der Waals surface area (Å²) in [4.78, 5) is 14.1. The van der Waals surface area contributed by atoms with Gasteiger partial charge < -0.3 is 10.2 Å². The molecule has 2 aromatic carbocycles. The molecule has 3 rings (SSSR count). The van der Waals surface area contributed by atoms with Gasteiger partial charge in [-0.25, -0.2) is 4.79 Å². The molecule has 0 saturated carbocycles. The minimum atomic E-state index is -4.36. The van der Waals surface area contributed by atoms with Crippen LogP contribution in [-0.4, -0.2) is 23.2 Å². The fourth-order valence-electron chi connectivity index (χ4n) is 2.51. The SMILES string of the molecule is O=C(Nc1ccccc1)N1CCS[C@H]1c1ccc(C(F)(F)F)cc1. The predicted molar refractivity (Wildman–Crippen MR) is 88.8 cm³/mol. The molecular weight excluding hydrogens is 337 g/mol. The Balaban J connectivity index is 1.74. The van der Waals surface area contributed by atoms with Crippen molar-refractivity contribution in [3.63, 3.8) is 0 Å². The van der Waals surface area contributed by atoms with Crippen molar-refractivity contribution in [3.05, 3.63) is 65.7 Å². The number of halogens is 3. The van der Waals surface area contributed by atoms with Crippen LogP contribution in [0.15, 0.2) is 54.6 Å². The molecule has 2 aromatic rings. The monoisotopic (exact) mass is 352 g/mol. The third kappa shape index (κ3) is 3.67. The molecule has 0 radical (unpaired) electrons. The van der Waals surface area contributed by atoms with Gasteiger partial charge in [-0.05, 0) is 29.8 Å². The summed E-state index contributed by atoms with van der Waals surface area (Å²) < 4.78 is 38.0. The number of anilines is 1. The number of nitrogens with zero attached hydrogens (tertiary/aromatic N) is 1. The molecule has 3 nitrogen and oxygen atoms in total. The fraction of sp³-hybridized carbons (Fsp3) is 0.235. The largest absolute Gasteiger partial charge is 0.416 e. The van der Waals surface area contributed by atoms with Crippen LogP contribution in [0, 0.1) is 0 Å². The van der Waals surface area contributed by atoms with E-state index in [2.05, 4.69) is 5.32 Å². The molecule has 24 heavy (non-hydrogen) atoms. The quantitative estimate of drug-likeness (QED) is 0.826. The van der Waals surface area contributed by atoms with Crippen LogP contribution in [0.3, 0.4) is 0 Å². The summed E-state index contributed by atoms with van der Waals surface area (Å²) in [6.45, 7) is 0.551. The van der Waals surface area contributed by atoms with Gasteiger partial charge in [-0.3, -0.25) is 0 Å². The lowest BCUT2D eigenvalue weighted by atomic mass is 10.1. The number of para-hydroxylation sites is 1. The maximum absolute atomic E-state index is 12.7. The highest BCUT2D eigenvalue weighted by Crippen LogP contribution is 2.39. The number of rotatable bonds is 2. The lowest BCUT2D eigenvalue weighted by molar-refractivity contribution is -0.137. The first-order valence-corrected chi connectivity index (χ1v) is 8.41. The minimum absolute atomic E-state index is 0.254. The van der Waals surface area contributed by atoms with Crippen molar-refractivity contribution in [2.45, 2.75) is 11.6 Å². The Hall–Kier alpha value is -2.15. The number of amides is 2. The Kier molecular flexibility index (Phi) is 4.71. The molecule has 0 spiro atoms. The molecule has 0 unspecified atom stereocenters. The van der Waals surface area contributed by atoms with Crippen molar-refractivity contribution in [3.8, 4) is 0 Å². The first-order chi connectivity index (χ1) is 11.4. The van der Waals surface area contributed by atoms with E-state index in [0.29, 0.717) is 17.8 Å². The number of urea groups is 1. The summed E-state index contributed by atoms with van der Waals surface area (Å²) in [6, 6.07) is 13.8. The van der Waals surface area contributed by atoms with Crippen LogP contribution < -0.4 is 5.32 Å². The summed E-state index contributed by atoms with van der Waals surface area (Å²) in [5.41, 5.74) is 0.689. The van der Waals surface area contributed by atoms with Gasteiger partial charge >= 0.3 is 12.2 Å². The van der Waals surface area contributed by atoms with Crippen LogP contribution in [0.1, 0.15) is 16.5 Å². The second-order valence-corrected chi connectivity index (χ2v) is 6.52. The van der Waals surface area contributed by atoms with Crippen molar-refractivity contribution >= 4 is 23.5 Å². The molecule has 1 saturated heterocycles. The van der Waals surface area contributed by atoms with Crippen molar-refractivity contribution in [1.29, 1.82) is 0 Å². The Morgan fingerprint density at radius 2 is 1.75 bits per heavy atom. The summed E-state index contributed by atoms with van der Waals surface area (Å²) in [6.07, 6.45) is -4.36. The Labute approximate surface area is 141 Å². The Morgan fingerprint density at radius 1 is 1.08 bits per heavy atom. The smallest absolute Gasteiger partial charge is 0.308 e. The summed E-state index contributed by atoms with van der Waals surface area (Å²) >= 11 is 1.54. The molecule has 126 valence electrons. The van der Waals surface area contributed by atoms with Gasteiger partial charge in [0.15, 0.2) is 0 Å². The molecule has 0 aliphatic carbocycles. The van der Waals surface area contributed by atoms with Gasteiger partial charge in [0.25, 0.3) is 0 Å². The van der Waals surface area contributed by atoms with Crippen molar-refractivity contribution < 1.29 is 18.0 Å². The number of carbonyl (C=O) groups is 1. The van der Waals surface area contributed by atoms with Crippen molar-refractivity contribution in [1.82, 2.24) is 4.90 Å². The van der Waals surface area contributed by atoms with Crippen LogP contribution in [0.25, 0.3) is 0 Å². The fourth-order valence-corrected chi connectivity index (χ4v) is 3.76. The van der Waals surface area contributed by atoms with Gasteiger partial charge in [-0.2, -0.15) is 13.2 Å². The third-order valence-corrected chi connectivity index (χ3v) is 4.96. The van der Waals surface area contributed by atoms with Gasteiger partial charge in [-0.15, -0.1) is 11.8 Å². The Morgan fingerprint density at radius 3 is 2.38 bits per heavy atom. The van der Waals surface area contributed by atoms with Gasteiger partial charge in [0.2, 0.25) is 0 Å². The topological polar surface area (TPSA) is 32.3 Å². The number of thioether (sulfide) groups is 1. The van der Waals surface area contributed by atoms with Crippen LogP contribution >= 0.6 is 11.8 Å². The van der Waals surface area contributed by atoms with Gasteiger partial charge in [0.1, 0.15) is 5.37 Å². The summed E-state index contributed by atoms with van der Waals surface area (Å²) in [5.74, 6) is 0.744. The molecule has 1 fully saturated rings. The Bertz CT molecular complexity index is 704.